The van der Waals surface area contributed by atoms with E-state index in [0.717, 1.165) is 24.3 Å². The van der Waals surface area contributed by atoms with Crippen LogP contribution >= 0.6 is 0 Å². The largest absolute Gasteiger partial charge is 0.481 e. The molecule has 6 nitrogen and oxygen atoms in total. The number of aliphatic carboxylic acids is 1. The van der Waals surface area contributed by atoms with Crippen molar-refractivity contribution in [1.82, 2.24) is 5.32 Å². The smallest absolute Gasteiger partial charge is 0.341 e. The predicted octanol–water partition coefficient (Wildman–Crippen LogP) is 1.91. The van der Waals surface area contributed by atoms with Gasteiger partial charge in [0.2, 0.25) is 9.84 Å². The van der Waals surface area contributed by atoms with E-state index in [4.69, 9.17) is 5.11 Å². The number of carbonyl (C=O) groups is 2. The van der Waals surface area contributed by atoms with Gasteiger partial charge in [-0.05, 0) is 30.7 Å². The number of amides is 1. The number of halogens is 2. The van der Waals surface area contributed by atoms with E-state index in [-0.39, 0.29) is 12.1 Å². The molecule has 0 heterocycles. The Labute approximate surface area is 132 Å². The number of carboxylic acids is 1. The van der Waals surface area contributed by atoms with E-state index in [1.165, 1.54) is 0 Å². The molecule has 0 fully saturated rings. The molecule has 0 saturated heterocycles. The van der Waals surface area contributed by atoms with Crippen LogP contribution in [-0.4, -0.2) is 37.7 Å². The summed E-state index contributed by atoms with van der Waals surface area (Å²) in [5.41, 5.74) is 0.0545. The summed E-state index contributed by atoms with van der Waals surface area (Å²) in [6.07, 6.45) is 1.05. The molecule has 1 aromatic rings. The molecule has 1 aromatic carbocycles. The average Bonchev–Trinajstić information content (AvgIpc) is 2.50. The van der Waals surface area contributed by atoms with Gasteiger partial charge in [-0.3, -0.25) is 9.59 Å². The molecule has 0 aliphatic rings. The van der Waals surface area contributed by atoms with Crippen LogP contribution in [-0.2, 0) is 14.6 Å². The molecule has 23 heavy (non-hydrogen) atoms. The second-order valence-corrected chi connectivity index (χ2v) is 6.78. The number of sulfone groups is 1. The van der Waals surface area contributed by atoms with Crippen molar-refractivity contribution >= 4 is 21.7 Å². The van der Waals surface area contributed by atoms with E-state index in [0.29, 0.717) is 12.8 Å². The zero-order chi connectivity index (χ0) is 17.6. The maximum absolute atomic E-state index is 12.4. The minimum atomic E-state index is -4.71. The number of rotatable bonds is 8. The molecule has 9 heteroatoms. The van der Waals surface area contributed by atoms with Crippen LogP contribution in [0.4, 0.5) is 8.78 Å². The monoisotopic (exact) mass is 349 g/mol. The van der Waals surface area contributed by atoms with Crippen molar-refractivity contribution in [3.05, 3.63) is 29.8 Å². The second kappa shape index (κ2) is 8.00. The Kier molecular flexibility index (Phi) is 6.62. The Morgan fingerprint density at radius 3 is 2.22 bits per heavy atom. The average molecular weight is 349 g/mol. The molecule has 0 bridgehead atoms. The minimum absolute atomic E-state index is 0.0545. The van der Waals surface area contributed by atoms with Gasteiger partial charge in [0.25, 0.3) is 5.91 Å². The van der Waals surface area contributed by atoms with E-state index >= 15 is 0 Å². The number of benzene rings is 1. The zero-order valence-electron chi connectivity index (χ0n) is 12.3. The van der Waals surface area contributed by atoms with Crippen molar-refractivity contribution in [1.29, 1.82) is 0 Å². The van der Waals surface area contributed by atoms with Crippen LogP contribution in [0.15, 0.2) is 29.2 Å². The van der Waals surface area contributed by atoms with Gasteiger partial charge >= 0.3 is 11.7 Å². The zero-order valence-corrected chi connectivity index (χ0v) is 13.1. The van der Waals surface area contributed by atoms with Gasteiger partial charge in [-0.2, -0.15) is 8.78 Å². The van der Waals surface area contributed by atoms with E-state index < -0.39 is 38.3 Å². The summed E-state index contributed by atoms with van der Waals surface area (Å²) < 4.78 is 47.3. The molecule has 128 valence electrons. The van der Waals surface area contributed by atoms with Crippen molar-refractivity contribution in [2.45, 2.75) is 30.4 Å². The molecule has 1 rings (SSSR count). The summed E-state index contributed by atoms with van der Waals surface area (Å²) in [6.45, 7) is 1.75. The minimum Gasteiger partial charge on any atom is -0.481 e. The number of alkyl halides is 2. The number of carboxylic acid groups (broad SMARTS) is 1. The number of hydrogen-bond donors (Lipinski definition) is 2. The van der Waals surface area contributed by atoms with Gasteiger partial charge in [0.05, 0.1) is 10.8 Å². The summed E-state index contributed by atoms with van der Waals surface area (Å²) in [4.78, 5) is 22.3. The summed E-state index contributed by atoms with van der Waals surface area (Å²) in [6, 6.07) is 4.02. The Bertz CT molecular complexity index is 658. The Morgan fingerprint density at radius 1 is 1.22 bits per heavy atom. The van der Waals surface area contributed by atoms with Crippen molar-refractivity contribution in [3.63, 3.8) is 0 Å². The fraction of sp³-hybridized carbons (Fsp3) is 0.429. The fourth-order valence-corrected chi connectivity index (χ4v) is 2.60. The van der Waals surface area contributed by atoms with Gasteiger partial charge in [-0.1, -0.05) is 13.3 Å². The van der Waals surface area contributed by atoms with Gasteiger partial charge in [0.15, 0.2) is 0 Å². The molecular weight excluding hydrogens is 332 g/mol. The molecular formula is C14H17F2NO5S. The lowest BCUT2D eigenvalue weighted by Gasteiger charge is -2.12. The third kappa shape index (κ3) is 4.98. The van der Waals surface area contributed by atoms with Crippen molar-refractivity contribution in [3.8, 4) is 0 Å². The number of hydrogen-bond acceptors (Lipinski definition) is 4. The first-order chi connectivity index (χ1) is 10.7. The maximum Gasteiger partial charge on any atom is 0.341 e. The Balaban J connectivity index is 2.77. The van der Waals surface area contributed by atoms with Crippen LogP contribution in [0.2, 0.25) is 0 Å². The van der Waals surface area contributed by atoms with Crippen LogP contribution in [0.25, 0.3) is 0 Å². The molecule has 0 aromatic heterocycles. The Morgan fingerprint density at radius 2 is 1.78 bits per heavy atom. The lowest BCUT2D eigenvalue weighted by molar-refractivity contribution is -0.141. The molecule has 1 amide bonds. The molecule has 0 saturated carbocycles. The highest BCUT2D eigenvalue weighted by atomic mass is 32.2. The second-order valence-electron chi connectivity index (χ2n) is 4.86. The van der Waals surface area contributed by atoms with Gasteiger partial charge in [0.1, 0.15) is 0 Å². The lowest BCUT2D eigenvalue weighted by atomic mass is 10.0. The fourth-order valence-electron chi connectivity index (χ4n) is 1.88. The SMILES string of the molecule is CCCC(CNC(=O)c1ccc(S(=O)(=O)C(F)F)cc1)C(=O)O. The third-order valence-electron chi connectivity index (χ3n) is 3.18. The first-order valence-corrected chi connectivity index (χ1v) is 8.37. The van der Waals surface area contributed by atoms with E-state index in [2.05, 4.69) is 5.32 Å². The summed E-state index contributed by atoms with van der Waals surface area (Å²) >= 11 is 0. The van der Waals surface area contributed by atoms with E-state index in [1.54, 1.807) is 0 Å². The Hall–Kier alpha value is -2.03. The lowest BCUT2D eigenvalue weighted by Crippen LogP contribution is -2.32. The highest BCUT2D eigenvalue weighted by Crippen LogP contribution is 2.18. The highest BCUT2D eigenvalue weighted by Gasteiger charge is 2.26. The summed E-state index contributed by atoms with van der Waals surface area (Å²) in [5.74, 6) is -5.88. The van der Waals surface area contributed by atoms with Gasteiger partial charge < -0.3 is 10.4 Å². The molecule has 1 atom stereocenters. The summed E-state index contributed by atoms with van der Waals surface area (Å²) in [5, 5.41) is 11.4. The molecule has 1 unspecified atom stereocenters. The quantitative estimate of drug-likeness (QED) is 0.747. The highest BCUT2D eigenvalue weighted by molar-refractivity contribution is 7.91. The van der Waals surface area contributed by atoms with Crippen LogP contribution < -0.4 is 5.32 Å². The topological polar surface area (TPSA) is 101 Å². The van der Waals surface area contributed by atoms with Gasteiger partial charge in [-0.25, -0.2) is 8.42 Å². The summed E-state index contributed by atoms with van der Waals surface area (Å²) in [7, 11) is -4.71. The van der Waals surface area contributed by atoms with E-state index in [9.17, 15) is 26.8 Å². The third-order valence-corrected chi connectivity index (χ3v) is 4.57. The maximum atomic E-state index is 12.4. The van der Waals surface area contributed by atoms with Crippen molar-refractivity contribution in [2.24, 2.45) is 5.92 Å². The normalized spacial score (nSPS) is 12.9. The molecule has 0 aliphatic carbocycles. The van der Waals surface area contributed by atoms with Crippen LogP contribution in [0.5, 0.6) is 0 Å². The molecule has 2 N–H and O–H groups in total. The molecule has 0 radical (unpaired) electrons. The van der Waals surface area contributed by atoms with Crippen molar-refractivity contribution < 1.29 is 31.9 Å². The van der Waals surface area contributed by atoms with Gasteiger partial charge in [0, 0.05) is 12.1 Å². The van der Waals surface area contributed by atoms with Crippen LogP contribution in [0.3, 0.4) is 0 Å². The molecule has 0 aliphatic heterocycles. The standard InChI is InChI=1S/C14H17F2NO5S/c1-2-3-10(13(19)20)8-17-12(18)9-4-6-11(7-5-9)23(21,22)14(15)16/h4-7,10,14H,2-3,8H2,1H3,(H,17,18)(H,19,20). The number of carbonyl (C=O) groups excluding carboxylic acids is 1. The van der Waals surface area contributed by atoms with Crippen molar-refractivity contribution in [2.75, 3.05) is 6.54 Å². The van der Waals surface area contributed by atoms with Gasteiger partial charge in [-0.15, -0.1) is 0 Å². The molecule has 0 spiro atoms. The number of nitrogens with one attached hydrogen (secondary N) is 1. The first kappa shape index (κ1) is 19.0. The van der Waals surface area contributed by atoms with Crippen LogP contribution in [0.1, 0.15) is 30.1 Å². The van der Waals surface area contributed by atoms with E-state index in [1.807, 2.05) is 6.92 Å². The first-order valence-electron chi connectivity index (χ1n) is 6.83. The predicted molar refractivity (Wildman–Crippen MR) is 78.0 cm³/mol. The van der Waals surface area contributed by atoms with Crippen LogP contribution in [0, 0.1) is 5.92 Å².